The van der Waals surface area contributed by atoms with Crippen molar-refractivity contribution in [2.24, 2.45) is 0 Å². The number of esters is 1. The first-order valence-electron chi connectivity index (χ1n) is 5.61. The summed E-state index contributed by atoms with van der Waals surface area (Å²) in [5, 5.41) is 0. The minimum atomic E-state index is -0.341. The minimum absolute atomic E-state index is 0.0450. The van der Waals surface area contributed by atoms with Gasteiger partial charge >= 0.3 is 5.97 Å². The molecule has 2 aromatic rings. The molecule has 0 saturated heterocycles. The van der Waals surface area contributed by atoms with Crippen LogP contribution in [0.2, 0.25) is 0 Å². The zero-order chi connectivity index (χ0) is 13.1. The highest BCUT2D eigenvalue weighted by Gasteiger charge is 2.14. The predicted molar refractivity (Wildman–Crippen MR) is 67.3 cm³/mol. The van der Waals surface area contributed by atoms with E-state index in [1.54, 1.807) is 24.7 Å². The van der Waals surface area contributed by atoms with Crippen LogP contribution in [-0.2, 0) is 16.1 Å². The van der Waals surface area contributed by atoms with Gasteiger partial charge in [-0.1, -0.05) is 6.07 Å². The summed E-state index contributed by atoms with van der Waals surface area (Å²) in [4.78, 5) is 15.7. The number of rotatable bonds is 4. The van der Waals surface area contributed by atoms with Crippen molar-refractivity contribution in [1.29, 1.82) is 0 Å². The molecule has 0 fully saturated rings. The van der Waals surface area contributed by atoms with E-state index in [2.05, 4.69) is 4.98 Å². The molecule has 0 bridgehead atoms. The molecule has 0 aliphatic heterocycles. The molecular formula is C12H15N3O3. The van der Waals surface area contributed by atoms with Crippen LogP contribution in [0, 0.1) is 0 Å². The molecule has 1 aromatic heterocycles. The monoisotopic (exact) mass is 249 g/mol. The van der Waals surface area contributed by atoms with Gasteiger partial charge in [-0.25, -0.2) is 4.98 Å². The molecule has 96 valence electrons. The topological polar surface area (TPSA) is 79.4 Å². The van der Waals surface area contributed by atoms with Gasteiger partial charge in [0.1, 0.15) is 17.8 Å². The molecule has 6 heteroatoms. The van der Waals surface area contributed by atoms with E-state index in [-0.39, 0.29) is 18.5 Å². The van der Waals surface area contributed by atoms with Crippen LogP contribution in [0.15, 0.2) is 18.2 Å². The molecule has 0 radical (unpaired) electrons. The first-order chi connectivity index (χ1) is 8.67. The van der Waals surface area contributed by atoms with Crippen LogP contribution in [0.3, 0.4) is 0 Å². The summed E-state index contributed by atoms with van der Waals surface area (Å²) in [6.45, 7) is 2.15. The molecule has 1 aromatic carbocycles. The molecular weight excluding hydrogens is 234 g/mol. The SMILES string of the molecule is CCOC(=O)Cn1c(N)nc2c(OC)cccc21. The van der Waals surface area contributed by atoms with Crippen LogP contribution < -0.4 is 10.5 Å². The van der Waals surface area contributed by atoms with Gasteiger partial charge in [0.2, 0.25) is 5.95 Å². The lowest BCUT2D eigenvalue weighted by molar-refractivity contribution is -0.143. The highest BCUT2D eigenvalue weighted by Crippen LogP contribution is 2.26. The van der Waals surface area contributed by atoms with Crippen molar-refractivity contribution in [2.45, 2.75) is 13.5 Å². The van der Waals surface area contributed by atoms with Crippen molar-refractivity contribution in [1.82, 2.24) is 9.55 Å². The molecule has 2 rings (SSSR count). The summed E-state index contributed by atoms with van der Waals surface area (Å²) in [5.74, 6) is 0.552. The Morgan fingerprint density at radius 1 is 1.50 bits per heavy atom. The summed E-state index contributed by atoms with van der Waals surface area (Å²) < 4.78 is 11.7. The second-order valence-corrected chi connectivity index (χ2v) is 3.69. The van der Waals surface area contributed by atoms with Gasteiger partial charge in [0.15, 0.2) is 0 Å². The van der Waals surface area contributed by atoms with E-state index in [1.165, 1.54) is 0 Å². The predicted octanol–water partition coefficient (Wildman–Crippen LogP) is 1.19. The first kappa shape index (κ1) is 12.2. The largest absolute Gasteiger partial charge is 0.494 e. The maximum atomic E-state index is 11.5. The zero-order valence-corrected chi connectivity index (χ0v) is 10.3. The van der Waals surface area contributed by atoms with Gasteiger partial charge in [0.05, 0.1) is 19.2 Å². The van der Waals surface area contributed by atoms with Gasteiger partial charge in [-0.15, -0.1) is 0 Å². The average Bonchev–Trinajstić information content (AvgIpc) is 2.66. The molecule has 0 unspecified atom stereocenters. The summed E-state index contributed by atoms with van der Waals surface area (Å²) in [6, 6.07) is 5.45. The lowest BCUT2D eigenvalue weighted by Gasteiger charge is -2.06. The van der Waals surface area contributed by atoms with E-state index in [1.807, 2.05) is 12.1 Å². The standard InChI is InChI=1S/C12H15N3O3/c1-3-18-10(16)7-15-8-5-4-6-9(17-2)11(8)14-12(15)13/h4-6H,3,7H2,1-2H3,(H2,13,14). The second kappa shape index (κ2) is 4.95. The number of methoxy groups -OCH3 is 1. The molecule has 0 spiro atoms. The number of imidazole rings is 1. The number of fused-ring (bicyclic) bond motifs is 1. The Balaban J connectivity index is 2.44. The van der Waals surface area contributed by atoms with Crippen LogP contribution in [0.5, 0.6) is 5.75 Å². The summed E-state index contributed by atoms with van der Waals surface area (Å²) in [7, 11) is 1.56. The van der Waals surface area contributed by atoms with Crippen LogP contribution in [0.4, 0.5) is 5.95 Å². The number of nitrogens with two attached hydrogens (primary N) is 1. The molecule has 18 heavy (non-hydrogen) atoms. The van der Waals surface area contributed by atoms with Gasteiger partial charge in [-0.2, -0.15) is 0 Å². The Hall–Kier alpha value is -2.24. The number of hydrogen-bond donors (Lipinski definition) is 1. The lowest BCUT2D eigenvalue weighted by atomic mass is 10.3. The first-order valence-corrected chi connectivity index (χ1v) is 5.61. The number of ether oxygens (including phenoxy) is 2. The molecule has 0 saturated carbocycles. The number of anilines is 1. The highest BCUT2D eigenvalue weighted by molar-refractivity contribution is 5.85. The Labute approximate surface area is 104 Å². The van der Waals surface area contributed by atoms with Gasteiger partial charge < -0.3 is 15.2 Å². The normalized spacial score (nSPS) is 10.6. The van der Waals surface area contributed by atoms with Gasteiger partial charge in [0.25, 0.3) is 0 Å². The van der Waals surface area contributed by atoms with Crippen LogP contribution >= 0.6 is 0 Å². The number of carbonyl (C=O) groups excluding carboxylic acids is 1. The molecule has 0 aliphatic carbocycles. The van der Waals surface area contributed by atoms with Gasteiger partial charge in [-0.3, -0.25) is 9.36 Å². The zero-order valence-electron chi connectivity index (χ0n) is 10.3. The Morgan fingerprint density at radius 3 is 2.94 bits per heavy atom. The Kier molecular flexibility index (Phi) is 3.36. The van der Waals surface area contributed by atoms with E-state index < -0.39 is 0 Å². The van der Waals surface area contributed by atoms with Crippen LogP contribution in [0.1, 0.15) is 6.92 Å². The number of nitrogens with zero attached hydrogens (tertiary/aromatic N) is 2. The van der Waals surface area contributed by atoms with E-state index in [0.717, 1.165) is 5.52 Å². The van der Waals surface area contributed by atoms with Crippen molar-refractivity contribution in [2.75, 3.05) is 19.5 Å². The third-order valence-corrected chi connectivity index (χ3v) is 2.58. The van der Waals surface area contributed by atoms with E-state index in [9.17, 15) is 4.79 Å². The summed E-state index contributed by atoms with van der Waals surface area (Å²) in [5.41, 5.74) is 7.20. The van der Waals surface area contributed by atoms with Crippen molar-refractivity contribution in [3.05, 3.63) is 18.2 Å². The number of nitrogen functional groups attached to an aromatic ring is 1. The Bertz CT molecular complexity index is 577. The van der Waals surface area contributed by atoms with E-state index in [4.69, 9.17) is 15.2 Å². The average molecular weight is 249 g/mol. The molecule has 0 atom stereocenters. The van der Waals surface area contributed by atoms with E-state index >= 15 is 0 Å². The fraction of sp³-hybridized carbons (Fsp3) is 0.333. The fourth-order valence-corrected chi connectivity index (χ4v) is 1.81. The number of hydrogen-bond acceptors (Lipinski definition) is 5. The summed E-state index contributed by atoms with van der Waals surface area (Å²) in [6.07, 6.45) is 0. The molecule has 6 nitrogen and oxygen atoms in total. The second-order valence-electron chi connectivity index (χ2n) is 3.69. The minimum Gasteiger partial charge on any atom is -0.494 e. The third kappa shape index (κ3) is 2.09. The number of carbonyl (C=O) groups is 1. The van der Waals surface area contributed by atoms with Crippen LogP contribution in [0.25, 0.3) is 11.0 Å². The van der Waals surface area contributed by atoms with Gasteiger partial charge in [0, 0.05) is 0 Å². The fourth-order valence-electron chi connectivity index (χ4n) is 1.81. The number of benzene rings is 1. The van der Waals surface area contributed by atoms with E-state index in [0.29, 0.717) is 17.9 Å². The molecule has 1 heterocycles. The van der Waals surface area contributed by atoms with Gasteiger partial charge in [-0.05, 0) is 19.1 Å². The Morgan fingerprint density at radius 2 is 2.28 bits per heavy atom. The summed E-state index contributed by atoms with van der Waals surface area (Å²) >= 11 is 0. The lowest BCUT2D eigenvalue weighted by Crippen LogP contribution is -2.15. The van der Waals surface area contributed by atoms with Crippen molar-refractivity contribution in [3.8, 4) is 5.75 Å². The van der Waals surface area contributed by atoms with Crippen molar-refractivity contribution >= 4 is 23.0 Å². The third-order valence-electron chi connectivity index (χ3n) is 2.58. The van der Waals surface area contributed by atoms with Crippen molar-refractivity contribution < 1.29 is 14.3 Å². The van der Waals surface area contributed by atoms with Crippen molar-refractivity contribution in [3.63, 3.8) is 0 Å². The maximum absolute atomic E-state index is 11.5. The number of aromatic nitrogens is 2. The molecule has 0 amide bonds. The smallest absolute Gasteiger partial charge is 0.326 e. The molecule has 2 N–H and O–H groups in total. The van der Waals surface area contributed by atoms with Crippen LogP contribution in [-0.4, -0.2) is 29.2 Å². The highest BCUT2D eigenvalue weighted by atomic mass is 16.5. The maximum Gasteiger partial charge on any atom is 0.326 e. The number of para-hydroxylation sites is 1. The molecule has 0 aliphatic rings. The quantitative estimate of drug-likeness (QED) is 0.823.